The topological polar surface area (TPSA) is 3.88 Å². The second-order valence-corrected chi connectivity index (χ2v) is 7.78. The molecule has 2 aromatic rings. The van der Waals surface area contributed by atoms with Gasteiger partial charge in [-0.2, -0.15) is 4.57 Å². The van der Waals surface area contributed by atoms with Crippen molar-refractivity contribution >= 4 is 30.3 Å². The van der Waals surface area contributed by atoms with Gasteiger partial charge < -0.3 is 0 Å². The SMILES string of the molecule is C[n+]1c2c(c(Cl)c3ccccc31)CCCC2.F[P-](F)(F)(F)(F)F. The molecule has 23 heavy (non-hydrogen) atoms. The summed E-state index contributed by atoms with van der Waals surface area (Å²) >= 11 is 6.52. The van der Waals surface area contributed by atoms with Crippen molar-refractivity contribution in [1.82, 2.24) is 0 Å². The Kier molecular flexibility index (Phi) is 4.14. The number of aryl methyl sites for hydroxylation is 1. The molecule has 0 saturated carbocycles. The summed E-state index contributed by atoms with van der Waals surface area (Å²) in [5.41, 5.74) is 4.04. The molecule has 130 valence electrons. The molecule has 0 atom stereocenters. The molecule has 0 fully saturated rings. The van der Waals surface area contributed by atoms with E-state index in [0.717, 1.165) is 17.9 Å². The van der Waals surface area contributed by atoms with Gasteiger partial charge in [-0.1, -0.05) is 23.7 Å². The summed E-state index contributed by atoms with van der Waals surface area (Å²) < 4.78 is 61.5. The van der Waals surface area contributed by atoms with Crippen molar-refractivity contribution < 1.29 is 29.7 Å². The summed E-state index contributed by atoms with van der Waals surface area (Å²) in [7, 11) is -8.50. The Labute approximate surface area is 134 Å². The first-order valence-corrected chi connectivity index (χ1v) is 9.29. The third-order valence-electron chi connectivity index (χ3n) is 3.61. The van der Waals surface area contributed by atoms with Gasteiger partial charge in [-0.05, 0) is 25.3 Å². The van der Waals surface area contributed by atoms with Gasteiger partial charge in [0.1, 0.15) is 7.05 Å². The molecule has 0 amide bonds. The number of nitrogens with zero attached hydrogens (tertiary/aromatic N) is 1. The van der Waals surface area contributed by atoms with Gasteiger partial charge in [-0.25, -0.2) is 0 Å². The molecule has 1 heterocycles. The van der Waals surface area contributed by atoms with E-state index in [2.05, 4.69) is 35.9 Å². The third-order valence-corrected chi connectivity index (χ3v) is 4.04. The van der Waals surface area contributed by atoms with Crippen molar-refractivity contribution in [2.75, 3.05) is 0 Å². The molecule has 1 nitrogen and oxygen atoms in total. The zero-order valence-corrected chi connectivity index (χ0v) is 13.8. The maximum absolute atomic E-state index is 10.7. The Morgan fingerprint density at radius 1 is 0.957 bits per heavy atom. The van der Waals surface area contributed by atoms with Crippen LogP contribution >= 0.6 is 19.4 Å². The predicted octanol–water partition coefficient (Wildman–Crippen LogP) is 6.58. The molecule has 0 radical (unpaired) electrons. The maximum atomic E-state index is 9.87. The Hall–Kier alpha value is -1.07. The molecule has 3 rings (SSSR count). The van der Waals surface area contributed by atoms with E-state index in [0.29, 0.717) is 0 Å². The van der Waals surface area contributed by atoms with Crippen molar-refractivity contribution in [3.8, 4) is 0 Å². The van der Waals surface area contributed by atoms with E-state index in [4.69, 9.17) is 11.6 Å². The van der Waals surface area contributed by atoms with Crippen LogP contribution in [0, 0.1) is 0 Å². The van der Waals surface area contributed by atoms with E-state index in [1.807, 2.05) is 0 Å². The third kappa shape index (κ3) is 5.50. The van der Waals surface area contributed by atoms with Crippen molar-refractivity contribution in [2.24, 2.45) is 7.05 Å². The molecular weight excluding hydrogens is 363 g/mol. The number of para-hydroxylation sites is 1. The van der Waals surface area contributed by atoms with Gasteiger partial charge in [-0.15, -0.1) is 0 Å². The Morgan fingerprint density at radius 2 is 1.48 bits per heavy atom. The molecule has 1 aromatic carbocycles. The van der Waals surface area contributed by atoms with E-state index >= 15 is 0 Å². The van der Waals surface area contributed by atoms with Gasteiger partial charge in [0.2, 0.25) is 5.52 Å². The van der Waals surface area contributed by atoms with E-state index in [9.17, 15) is 25.2 Å². The van der Waals surface area contributed by atoms with Crippen molar-refractivity contribution in [1.29, 1.82) is 0 Å². The molecule has 0 spiro atoms. The summed E-state index contributed by atoms with van der Waals surface area (Å²) in [5, 5.41) is 2.16. The molecule has 1 aromatic heterocycles. The fourth-order valence-corrected chi connectivity index (χ4v) is 3.12. The van der Waals surface area contributed by atoms with Gasteiger partial charge in [-0.3, -0.25) is 0 Å². The Morgan fingerprint density at radius 3 is 2.09 bits per heavy atom. The summed E-state index contributed by atoms with van der Waals surface area (Å²) in [6, 6.07) is 8.40. The first-order valence-electron chi connectivity index (χ1n) is 6.88. The van der Waals surface area contributed by atoms with Crippen LogP contribution in [0.3, 0.4) is 0 Å². The number of hydrogen-bond acceptors (Lipinski definition) is 0. The van der Waals surface area contributed by atoms with Crippen LogP contribution < -0.4 is 4.57 Å². The normalized spacial score (nSPS) is 17.6. The zero-order chi connectivity index (χ0) is 17.5. The second-order valence-electron chi connectivity index (χ2n) is 5.48. The molecule has 1 aliphatic rings. The van der Waals surface area contributed by atoms with Gasteiger partial charge in [0.15, 0.2) is 5.69 Å². The molecule has 0 N–H and O–H groups in total. The van der Waals surface area contributed by atoms with Gasteiger partial charge >= 0.3 is 33.0 Å². The van der Waals surface area contributed by atoms with Crippen LogP contribution in [0.25, 0.3) is 10.9 Å². The number of fused-ring (bicyclic) bond motifs is 2. The number of hydrogen-bond donors (Lipinski definition) is 0. The molecule has 0 saturated heterocycles. The van der Waals surface area contributed by atoms with Gasteiger partial charge in [0.05, 0.1) is 10.4 Å². The monoisotopic (exact) mass is 377 g/mol. The minimum atomic E-state index is -10.7. The number of pyridine rings is 1. The van der Waals surface area contributed by atoms with Crippen molar-refractivity contribution in [3.05, 3.63) is 40.5 Å². The average molecular weight is 378 g/mol. The molecule has 0 bridgehead atoms. The number of rotatable bonds is 0. The standard InChI is InChI=1S/C14H15ClN.F6P/c1-16-12-8-4-2-6-10(12)14(15)11-7-3-5-9-13(11)16;1-7(2,3,4,5)6/h2,4,6,8H,3,5,7,9H2,1H3;/q+1;-1. The summed E-state index contributed by atoms with van der Waals surface area (Å²) in [6.45, 7) is 0. The minimum absolute atomic E-state index is 0.975. The summed E-state index contributed by atoms with van der Waals surface area (Å²) in [4.78, 5) is 0. The number of halogens is 7. The van der Waals surface area contributed by atoms with E-state index in [1.54, 1.807) is 0 Å². The molecule has 9 heteroatoms. The van der Waals surface area contributed by atoms with E-state index in [-0.39, 0.29) is 0 Å². The Bertz CT molecular complexity index is 695. The Balaban J connectivity index is 0.000000236. The summed E-state index contributed by atoms with van der Waals surface area (Å²) in [5.74, 6) is 0. The number of benzene rings is 1. The van der Waals surface area contributed by atoms with Gasteiger partial charge in [0, 0.05) is 18.1 Å². The first kappa shape index (κ1) is 18.3. The van der Waals surface area contributed by atoms with E-state index in [1.165, 1.54) is 35.0 Å². The molecule has 0 aliphatic heterocycles. The van der Waals surface area contributed by atoms with E-state index < -0.39 is 7.81 Å². The van der Waals surface area contributed by atoms with Crippen LogP contribution in [0.2, 0.25) is 5.02 Å². The van der Waals surface area contributed by atoms with Crippen LogP contribution in [0.4, 0.5) is 25.2 Å². The van der Waals surface area contributed by atoms with Crippen LogP contribution in [-0.4, -0.2) is 0 Å². The fraction of sp³-hybridized carbons (Fsp3) is 0.357. The quantitative estimate of drug-likeness (QED) is 0.277. The van der Waals surface area contributed by atoms with Crippen molar-refractivity contribution in [2.45, 2.75) is 25.7 Å². The molecular formula is C14H15ClF6NP. The molecule has 1 aliphatic carbocycles. The van der Waals surface area contributed by atoms with Crippen LogP contribution in [0.15, 0.2) is 24.3 Å². The van der Waals surface area contributed by atoms with Gasteiger partial charge in [0.25, 0.3) is 0 Å². The van der Waals surface area contributed by atoms with Crippen LogP contribution in [0.1, 0.15) is 24.1 Å². The fourth-order valence-electron chi connectivity index (χ4n) is 2.76. The predicted molar refractivity (Wildman–Crippen MR) is 80.3 cm³/mol. The summed E-state index contributed by atoms with van der Waals surface area (Å²) in [6.07, 6.45) is 4.85. The average Bonchev–Trinajstić information content (AvgIpc) is 2.41. The number of aromatic nitrogens is 1. The first-order chi connectivity index (χ1) is 10.2. The van der Waals surface area contributed by atoms with Crippen molar-refractivity contribution in [3.63, 3.8) is 0 Å². The molecule has 0 unspecified atom stereocenters. The zero-order valence-electron chi connectivity index (χ0n) is 12.2. The second kappa shape index (κ2) is 5.21. The van der Waals surface area contributed by atoms with Crippen LogP contribution in [0.5, 0.6) is 0 Å². The van der Waals surface area contributed by atoms with Crippen LogP contribution in [-0.2, 0) is 19.9 Å².